The highest BCUT2D eigenvalue weighted by Crippen LogP contribution is 2.17. The van der Waals surface area contributed by atoms with Crippen LogP contribution >= 0.6 is 22.9 Å². The number of nitrogens with zero attached hydrogens (tertiary/aromatic N) is 1. The number of carbonyl (C=O) groups is 2. The van der Waals surface area contributed by atoms with E-state index in [4.69, 9.17) is 11.6 Å². The Labute approximate surface area is 125 Å². The average Bonchev–Trinajstić information content (AvgIpc) is 2.78. The van der Waals surface area contributed by atoms with Gasteiger partial charge < -0.3 is 10.6 Å². The molecular weight excluding hydrogens is 298 g/mol. The Bertz CT molecular complexity index is 625. The molecule has 0 aliphatic rings. The third-order valence-electron chi connectivity index (χ3n) is 2.30. The number of hydrogen-bond donors (Lipinski definition) is 2. The van der Waals surface area contributed by atoms with Gasteiger partial charge in [-0.15, -0.1) is 11.3 Å². The normalized spacial score (nSPS) is 10.1. The maximum atomic E-state index is 11.8. The van der Waals surface area contributed by atoms with Crippen LogP contribution in [0.15, 0.2) is 29.6 Å². The molecule has 2 rings (SSSR count). The van der Waals surface area contributed by atoms with E-state index in [-0.39, 0.29) is 18.2 Å². The summed E-state index contributed by atoms with van der Waals surface area (Å²) in [6, 6.07) is 6.86. The third-order valence-corrected chi connectivity index (χ3v) is 3.36. The predicted octanol–water partition coefficient (Wildman–Crippen LogP) is 2.94. The van der Waals surface area contributed by atoms with Crippen molar-refractivity contribution in [3.8, 4) is 0 Å². The number of nitrogens with one attached hydrogen (secondary N) is 2. The zero-order valence-electron chi connectivity index (χ0n) is 10.6. The molecule has 0 bridgehead atoms. The summed E-state index contributed by atoms with van der Waals surface area (Å²) in [6.07, 6.45) is 0.151. The quantitative estimate of drug-likeness (QED) is 0.912. The second kappa shape index (κ2) is 6.49. The Morgan fingerprint density at radius 2 is 1.95 bits per heavy atom. The number of anilines is 2. The smallest absolute Gasteiger partial charge is 0.230 e. The van der Waals surface area contributed by atoms with Crippen LogP contribution in [0.3, 0.4) is 0 Å². The van der Waals surface area contributed by atoms with Crippen molar-refractivity contribution < 1.29 is 9.59 Å². The first-order valence-corrected chi connectivity index (χ1v) is 7.06. The molecule has 0 fully saturated rings. The zero-order valence-corrected chi connectivity index (χ0v) is 12.2. The minimum Gasteiger partial charge on any atom is -0.326 e. The van der Waals surface area contributed by atoms with E-state index in [9.17, 15) is 9.59 Å². The lowest BCUT2D eigenvalue weighted by Gasteiger charge is -2.03. The minimum absolute atomic E-state index is 0.151. The van der Waals surface area contributed by atoms with Crippen LogP contribution < -0.4 is 10.6 Å². The van der Waals surface area contributed by atoms with Gasteiger partial charge in [0, 0.05) is 23.0 Å². The molecule has 7 heteroatoms. The topological polar surface area (TPSA) is 71.1 Å². The van der Waals surface area contributed by atoms with Crippen molar-refractivity contribution in [2.45, 2.75) is 13.3 Å². The molecule has 0 aliphatic carbocycles. The van der Waals surface area contributed by atoms with Gasteiger partial charge >= 0.3 is 0 Å². The molecule has 0 spiro atoms. The molecule has 0 radical (unpaired) electrons. The van der Waals surface area contributed by atoms with E-state index < -0.39 is 0 Å². The van der Waals surface area contributed by atoms with Crippen molar-refractivity contribution in [2.24, 2.45) is 0 Å². The van der Waals surface area contributed by atoms with Crippen molar-refractivity contribution in [2.75, 3.05) is 10.6 Å². The fourth-order valence-corrected chi connectivity index (χ4v) is 2.38. The highest BCUT2D eigenvalue weighted by molar-refractivity contribution is 7.13. The van der Waals surface area contributed by atoms with Crippen molar-refractivity contribution in [3.05, 3.63) is 40.4 Å². The lowest BCUT2D eigenvalue weighted by molar-refractivity contribution is -0.116. The summed E-state index contributed by atoms with van der Waals surface area (Å²) in [5.41, 5.74) is 1.29. The van der Waals surface area contributed by atoms with Gasteiger partial charge in [0.05, 0.1) is 12.1 Å². The molecule has 20 heavy (non-hydrogen) atoms. The first-order chi connectivity index (χ1) is 9.52. The Hall–Kier alpha value is -1.92. The molecule has 0 unspecified atom stereocenters. The fraction of sp³-hybridized carbons (Fsp3) is 0.154. The minimum atomic E-state index is -0.184. The van der Waals surface area contributed by atoms with Crippen LogP contribution in [-0.2, 0) is 16.0 Å². The molecule has 104 valence electrons. The Morgan fingerprint density at radius 3 is 2.60 bits per heavy atom. The van der Waals surface area contributed by atoms with E-state index in [0.29, 0.717) is 21.5 Å². The van der Waals surface area contributed by atoms with Crippen LogP contribution in [0.4, 0.5) is 10.8 Å². The van der Waals surface area contributed by atoms with Crippen molar-refractivity contribution in [1.82, 2.24) is 4.98 Å². The van der Waals surface area contributed by atoms with Crippen LogP contribution in [-0.4, -0.2) is 16.8 Å². The number of hydrogen-bond acceptors (Lipinski definition) is 4. The molecule has 2 aromatic rings. The SMILES string of the molecule is CC(=O)Nc1nc(CC(=O)Nc2ccc(Cl)cc2)cs1. The molecule has 1 aromatic heterocycles. The maximum Gasteiger partial charge on any atom is 0.230 e. The Balaban J connectivity index is 1.92. The monoisotopic (exact) mass is 309 g/mol. The van der Waals surface area contributed by atoms with Gasteiger partial charge in [-0.05, 0) is 24.3 Å². The van der Waals surface area contributed by atoms with Gasteiger partial charge in [-0.25, -0.2) is 4.98 Å². The number of amides is 2. The average molecular weight is 310 g/mol. The van der Waals surface area contributed by atoms with E-state index in [0.717, 1.165) is 0 Å². The van der Waals surface area contributed by atoms with Crippen LogP contribution in [0.2, 0.25) is 5.02 Å². The molecule has 0 saturated heterocycles. The maximum absolute atomic E-state index is 11.8. The second-order valence-corrected chi connectivity index (χ2v) is 5.35. The Kier molecular flexibility index (Phi) is 4.70. The van der Waals surface area contributed by atoms with E-state index in [1.54, 1.807) is 29.6 Å². The molecule has 0 atom stereocenters. The van der Waals surface area contributed by atoms with Crippen LogP contribution in [0.5, 0.6) is 0 Å². The van der Waals surface area contributed by atoms with E-state index in [1.807, 2.05) is 0 Å². The van der Waals surface area contributed by atoms with Crippen molar-refractivity contribution in [3.63, 3.8) is 0 Å². The summed E-state index contributed by atoms with van der Waals surface area (Å²) in [6.45, 7) is 1.41. The summed E-state index contributed by atoms with van der Waals surface area (Å²) in [5.74, 6) is -0.358. The van der Waals surface area contributed by atoms with Crippen molar-refractivity contribution >= 4 is 45.6 Å². The molecular formula is C13H12ClN3O2S. The fourth-order valence-electron chi connectivity index (χ4n) is 1.50. The molecule has 2 amide bonds. The van der Waals surface area contributed by atoms with Crippen LogP contribution in [0, 0.1) is 0 Å². The van der Waals surface area contributed by atoms with Gasteiger partial charge in [0.15, 0.2) is 5.13 Å². The summed E-state index contributed by atoms with van der Waals surface area (Å²) in [5, 5.41) is 8.17. The molecule has 1 heterocycles. The molecule has 1 aromatic carbocycles. The standard InChI is InChI=1S/C13H12ClN3O2S/c1-8(18)15-13-17-11(7-20-13)6-12(19)16-10-4-2-9(14)3-5-10/h2-5,7H,6H2,1H3,(H,16,19)(H,15,17,18). The number of benzene rings is 1. The van der Waals surface area contributed by atoms with E-state index >= 15 is 0 Å². The van der Waals surface area contributed by atoms with Gasteiger partial charge in [0.25, 0.3) is 0 Å². The van der Waals surface area contributed by atoms with Gasteiger partial charge in [0.2, 0.25) is 11.8 Å². The highest BCUT2D eigenvalue weighted by Gasteiger charge is 2.08. The number of halogens is 1. The largest absolute Gasteiger partial charge is 0.326 e. The molecule has 2 N–H and O–H groups in total. The van der Waals surface area contributed by atoms with Gasteiger partial charge in [-0.3, -0.25) is 9.59 Å². The van der Waals surface area contributed by atoms with Gasteiger partial charge in [0.1, 0.15) is 0 Å². The van der Waals surface area contributed by atoms with E-state index in [1.165, 1.54) is 18.3 Å². The number of rotatable bonds is 4. The van der Waals surface area contributed by atoms with Gasteiger partial charge in [-0.1, -0.05) is 11.6 Å². The number of aromatic nitrogens is 1. The number of carbonyl (C=O) groups excluding carboxylic acids is 2. The zero-order chi connectivity index (χ0) is 14.5. The molecule has 0 aliphatic heterocycles. The summed E-state index contributed by atoms with van der Waals surface area (Å²) in [4.78, 5) is 26.9. The summed E-state index contributed by atoms with van der Waals surface area (Å²) >= 11 is 7.05. The second-order valence-electron chi connectivity index (χ2n) is 4.06. The van der Waals surface area contributed by atoms with Crippen molar-refractivity contribution in [1.29, 1.82) is 0 Å². The Morgan fingerprint density at radius 1 is 1.25 bits per heavy atom. The van der Waals surface area contributed by atoms with Crippen LogP contribution in [0.25, 0.3) is 0 Å². The van der Waals surface area contributed by atoms with Gasteiger partial charge in [-0.2, -0.15) is 0 Å². The summed E-state index contributed by atoms with van der Waals surface area (Å²) in [7, 11) is 0. The third kappa shape index (κ3) is 4.32. The van der Waals surface area contributed by atoms with E-state index in [2.05, 4.69) is 15.6 Å². The first kappa shape index (κ1) is 14.5. The molecule has 0 saturated carbocycles. The first-order valence-electron chi connectivity index (χ1n) is 5.80. The van der Waals surface area contributed by atoms with Crippen LogP contribution in [0.1, 0.15) is 12.6 Å². The molecule has 5 nitrogen and oxygen atoms in total. The lowest BCUT2D eigenvalue weighted by atomic mass is 10.3. The number of thiazole rings is 1. The predicted molar refractivity (Wildman–Crippen MR) is 80.2 cm³/mol. The summed E-state index contributed by atoms with van der Waals surface area (Å²) < 4.78 is 0. The lowest BCUT2D eigenvalue weighted by Crippen LogP contribution is -2.14. The highest BCUT2D eigenvalue weighted by atomic mass is 35.5.